The zero-order valence-electron chi connectivity index (χ0n) is 8.95. The van der Waals surface area contributed by atoms with Gasteiger partial charge < -0.3 is 10.1 Å². The minimum absolute atomic E-state index is 0.00134. The molecule has 1 aliphatic rings. The second-order valence-electron chi connectivity index (χ2n) is 3.87. The maximum atomic E-state index is 11.4. The van der Waals surface area contributed by atoms with E-state index in [9.17, 15) is 9.59 Å². The largest absolute Gasteiger partial charge is 0.352 e. The lowest BCUT2D eigenvalue weighted by Crippen LogP contribution is -2.42. The fourth-order valence-corrected chi connectivity index (χ4v) is 1.79. The van der Waals surface area contributed by atoms with Gasteiger partial charge in [0.05, 0.1) is 6.54 Å². The van der Waals surface area contributed by atoms with Crippen molar-refractivity contribution in [1.82, 2.24) is 10.2 Å². The van der Waals surface area contributed by atoms with Gasteiger partial charge in [-0.1, -0.05) is 6.08 Å². The Hall–Kier alpha value is -1.16. The molecule has 1 saturated heterocycles. The number of rotatable bonds is 5. The third-order valence-corrected chi connectivity index (χ3v) is 2.55. The Bertz CT molecular complexity index is 241. The van der Waals surface area contributed by atoms with Crippen molar-refractivity contribution in [3.8, 4) is 0 Å². The third kappa shape index (κ3) is 4.25. The van der Waals surface area contributed by atoms with E-state index in [4.69, 9.17) is 0 Å². The lowest BCUT2D eigenvalue weighted by Gasteiger charge is -2.29. The minimum atomic E-state index is 0.00134. The summed E-state index contributed by atoms with van der Waals surface area (Å²) in [4.78, 5) is 24.0. The first-order valence-corrected chi connectivity index (χ1v) is 5.31. The van der Waals surface area contributed by atoms with Crippen LogP contribution in [0.1, 0.15) is 12.8 Å². The van der Waals surface area contributed by atoms with Crippen LogP contribution in [0.5, 0.6) is 0 Å². The predicted molar refractivity (Wildman–Crippen MR) is 58.4 cm³/mol. The van der Waals surface area contributed by atoms with Gasteiger partial charge in [0, 0.05) is 19.0 Å². The zero-order chi connectivity index (χ0) is 11.1. The molecule has 0 bridgehead atoms. The van der Waals surface area contributed by atoms with Crippen molar-refractivity contribution in [2.24, 2.45) is 5.92 Å². The van der Waals surface area contributed by atoms with Crippen molar-refractivity contribution in [1.29, 1.82) is 0 Å². The molecular weight excluding hydrogens is 192 g/mol. The van der Waals surface area contributed by atoms with E-state index in [1.807, 2.05) is 4.90 Å². The van der Waals surface area contributed by atoms with Crippen LogP contribution in [0.4, 0.5) is 0 Å². The number of hydrogen-bond acceptors (Lipinski definition) is 3. The standard InChI is InChI=1S/C11H18N2O2/c1-2-5-12-11(15)8-13-6-3-4-10(7-13)9-14/h2,9-10H,1,3-8H2,(H,12,15). The molecule has 15 heavy (non-hydrogen) atoms. The Balaban J connectivity index is 2.27. The molecule has 1 aliphatic heterocycles. The van der Waals surface area contributed by atoms with Crippen molar-refractivity contribution in [3.63, 3.8) is 0 Å². The molecule has 1 heterocycles. The molecule has 1 unspecified atom stereocenters. The minimum Gasteiger partial charge on any atom is -0.352 e. The highest BCUT2D eigenvalue weighted by Crippen LogP contribution is 2.13. The number of nitrogens with one attached hydrogen (secondary N) is 1. The average Bonchev–Trinajstić information content (AvgIpc) is 2.26. The number of aldehydes is 1. The summed E-state index contributed by atoms with van der Waals surface area (Å²) in [6.45, 7) is 6.04. The predicted octanol–water partition coefficient (Wildman–Crippen LogP) is 0.199. The summed E-state index contributed by atoms with van der Waals surface area (Å²) in [7, 11) is 0. The molecule has 0 aromatic rings. The molecule has 0 aromatic heterocycles. The molecule has 1 rings (SSSR count). The molecule has 84 valence electrons. The molecule has 4 heteroatoms. The summed E-state index contributed by atoms with van der Waals surface area (Å²) in [5, 5.41) is 2.73. The highest BCUT2D eigenvalue weighted by atomic mass is 16.2. The highest BCUT2D eigenvalue weighted by Gasteiger charge is 2.20. The number of nitrogens with zero attached hydrogens (tertiary/aromatic N) is 1. The molecule has 0 aromatic carbocycles. The first-order chi connectivity index (χ1) is 7.26. The first-order valence-electron chi connectivity index (χ1n) is 5.31. The van der Waals surface area contributed by atoms with Gasteiger partial charge >= 0.3 is 0 Å². The van der Waals surface area contributed by atoms with E-state index in [2.05, 4.69) is 11.9 Å². The SMILES string of the molecule is C=CCNC(=O)CN1CCCC(C=O)C1. The lowest BCUT2D eigenvalue weighted by atomic mass is 10.00. The number of piperidine rings is 1. The fourth-order valence-electron chi connectivity index (χ4n) is 1.79. The van der Waals surface area contributed by atoms with E-state index >= 15 is 0 Å². The van der Waals surface area contributed by atoms with Crippen LogP contribution in [0.2, 0.25) is 0 Å². The Labute approximate surface area is 90.3 Å². The summed E-state index contributed by atoms with van der Waals surface area (Å²) in [6.07, 6.45) is 4.60. The highest BCUT2D eigenvalue weighted by molar-refractivity contribution is 5.78. The van der Waals surface area contributed by atoms with Crippen molar-refractivity contribution < 1.29 is 9.59 Å². The summed E-state index contributed by atoms with van der Waals surface area (Å²) in [6, 6.07) is 0. The Morgan fingerprint density at radius 2 is 2.40 bits per heavy atom. The van der Waals surface area contributed by atoms with Gasteiger partial charge in [0.1, 0.15) is 6.29 Å². The van der Waals surface area contributed by atoms with E-state index in [-0.39, 0.29) is 11.8 Å². The summed E-state index contributed by atoms with van der Waals surface area (Å²) < 4.78 is 0. The third-order valence-electron chi connectivity index (χ3n) is 2.55. The normalized spacial score (nSPS) is 22.0. The van der Waals surface area contributed by atoms with E-state index in [1.165, 1.54) is 0 Å². The van der Waals surface area contributed by atoms with Crippen LogP contribution in [0.3, 0.4) is 0 Å². The lowest BCUT2D eigenvalue weighted by molar-refractivity contribution is -0.123. The monoisotopic (exact) mass is 210 g/mol. The van der Waals surface area contributed by atoms with Gasteiger partial charge in [-0.05, 0) is 19.4 Å². The zero-order valence-corrected chi connectivity index (χ0v) is 8.95. The van der Waals surface area contributed by atoms with Gasteiger partial charge in [-0.3, -0.25) is 9.69 Å². The molecule has 1 atom stereocenters. The van der Waals surface area contributed by atoms with Gasteiger partial charge in [0.15, 0.2) is 0 Å². The molecule has 4 nitrogen and oxygen atoms in total. The van der Waals surface area contributed by atoms with Crippen LogP contribution < -0.4 is 5.32 Å². The summed E-state index contributed by atoms with van der Waals surface area (Å²) in [5.41, 5.74) is 0. The van der Waals surface area contributed by atoms with E-state index in [1.54, 1.807) is 6.08 Å². The van der Waals surface area contributed by atoms with Crippen LogP contribution in [0.15, 0.2) is 12.7 Å². The topological polar surface area (TPSA) is 49.4 Å². The quantitative estimate of drug-likeness (QED) is 0.521. The number of carbonyl (C=O) groups is 2. The van der Waals surface area contributed by atoms with Gasteiger partial charge in [-0.2, -0.15) is 0 Å². The van der Waals surface area contributed by atoms with Crippen LogP contribution >= 0.6 is 0 Å². The molecular formula is C11H18N2O2. The van der Waals surface area contributed by atoms with E-state index in [0.717, 1.165) is 25.7 Å². The van der Waals surface area contributed by atoms with Crippen molar-refractivity contribution in [3.05, 3.63) is 12.7 Å². The Morgan fingerprint density at radius 3 is 3.07 bits per heavy atom. The molecule has 0 radical (unpaired) electrons. The second kappa shape index (κ2) is 6.35. The van der Waals surface area contributed by atoms with Crippen LogP contribution in [0.25, 0.3) is 0 Å². The van der Waals surface area contributed by atoms with Gasteiger partial charge in [0.25, 0.3) is 0 Å². The molecule has 0 spiro atoms. The smallest absolute Gasteiger partial charge is 0.234 e. The number of amides is 1. The Kier molecular flexibility index (Phi) is 5.04. The van der Waals surface area contributed by atoms with Crippen LogP contribution in [-0.2, 0) is 9.59 Å². The number of carbonyl (C=O) groups excluding carboxylic acids is 2. The van der Waals surface area contributed by atoms with Gasteiger partial charge in [-0.15, -0.1) is 6.58 Å². The van der Waals surface area contributed by atoms with Crippen molar-refractivity contribution >= 4 is 12.2 Å². The van der Waals surface area contributed by atoms with Gasteiger partial charge in [-0.25, -0.2) is 0 Å². The molecule has 1 amide bonds. The van der Waals surface area contributed by atoms with E-state index < -0.39 is 0 Å². The Morgan fingerprint density at radius 1 is 1.60 bits per heavy atom. The van der Waals surface area contributed by atoms with Crippen LogP contribution in [-0.4, -0.2) is 43.3 Å². The molecule has 0 saturated carbocycles. The number of hydrogen-bond donors (Lipinski definition) is 1. The molecule has 0 aliphatic carbocycles. The first kappa shape index (κ1) is 11.9. The van der Waals surface area contributed by atoms with Gasteiger partial charge in [0.2, 0.25) is 5.91 Å². The molecule has 1 N–H and O–H groups in total. The van der Waals surface area contributed by atoms with Crippen molar-refractivity contribution in [2.45, 2.75) is 12.8 Å². The van der Waals surface area contributed by atoms with Crippen LogP contribution in [0, 0.1) is 5.92 Å². The fraction of sp³-hybridized carbons (Fsp3) is 0.636. The average molecular weight is 210 g/mol. The summed E-state index contributed by atoms with van der Waals surface area (Å²) in [5.74, 6) is 0.104. The second-order valence-corrected chi connectivity index (χ2v) is 3.87. The number of likely N-dealkylation sites (tertiary alicyclic amines) is 1. The summed E-state index contributed by atoms with van der Waals surface area (Å²) >= 11 is 0. The molecule has 1 fully saturated rings. The van der Waals surface area contributed by atoms with Crippen molar-refractivity contribution in [2.75, 3.05) is 26.2 Å². The maximum Gasteiger partial charge on any atom is 0.234 e. The maximum absolute atomic E-state index is 11.4. The van der Waals surface area contributed by atoms with E-state index in [0.29, 0.717) is 19.6 Å².